The summed E-state index contributed by atoms with van der Waals surface area (Å²) < 4.78 is 33.4. The van der Waals surface area contributed by atoms with Crippen LogP contribution < -0.4 is 0 Å². The molecule has 0 spiro atoms. The lowest BCUT2D eigenvalue weighted by molar-refractivity contribution is 0.102. The van der Waals surface area contributed by atoms with Crippen molar-refractivity contribution in [2.75, 3.05) is 0 Å². The van der Waals surface area contributed by atoms with Crippen LogP contribution in [0.4, 0.5) is 0 Å². The van der Waals surface area contributed by atoms with Gasteiger partial charge in [0.05, 0.1) is 10.4 Å². The number of Topliss-reactive ketones (excluding diaryl/α,β-unsaturated/α-hetero) is 1. The molecule has 0 aliphatic carbocycles. The van der Waals surface area contributed by atoms with Crippen molar-refractivity contribution in [1.82, 2.24) is 0 Å². The largest absolute Gasteiger partial charge is 0.507 e. The van der Waals surface area contributed by atoms with Crippen molar-refractivity contribution in [3.05, 3.63) is 34.2 Å². The first-order valence-electron chi connectivity index (χ1n) is 7.53. The van der Waals surface area contributed by atoms with E-state index in [1.165, 1.54) is 6.92 Å². The fourth-order valence-corrected chi connectivity index (χ4v) is 4.58. The minimum Gasteiger partial charge on any atom is -0.507 e. The highest BCUT2D eigenvalue weighted by Gasteiger charge is 2.27. The Labute approximate surface area is 145 Å². The number of benzene rings is 1. The molecule has 2 N–H and O–H groups in total. The van der Waals surface area contributed by atoms with Crippen LogP contribution in [0.3, 0.4) is 0 Å². The van der Waals surface area contributed by atoms with E-state index in [1.807, 2.05) is 13.8 Å². The van der Waals surface area contributed by atoms with Crippen molar-refractivity contribution < 1.29 is 22.9 Å². The molecule has 1 aromatic heterocycles. The Kier molecular flexibility index (Phi) is 5.17. The number of rotatable bonds is 5. The topological polar surface area (TPSA) is 91.7 Å². The van der Waals surface area contributed by atoms with E-state index in [1.54, 1.807) is 25.1 Å². The van der Waals surface area contributed by atoms with Gasteiger partial charge in [0.2, 0.25) is 0 Å². The quantitative estimate of drug-likeness (QED) is 0.603. The van der Waals surface area contributed by atoms with E-state index in [-0.39, 0.29) is 27.9 Å². The highest BCUT2D eigenvalue weighted by Crippen LogP contribution is 2.45. The number of aryl methyl sites for hydroxylation is 1. The summed E-state index contributed by atoms with van der Waals surface area (Å²) in [5.74, 6) is -0.293. The fourth-order valence-electron chi connectivity index (χ4n) is 2.63. The second kappa shape index (κ2) is 6.66. The zero-order chi connectivity index (χ0) is 18.2. The number of phenolic OH excluding ortho intramolecular Hbond substituents is 1. The second-order valence-corrected chi connectivity index (χ2v) is 8.28. The van der Waals surface area contributed by atoms with Crippen LogP contribution in [-0.2, 0) is 10.1 Å². The van der Waals surface area contributed by atoms with Gasteiger partial charge in [0.15, 0.2) is 5.78 Å². The molecule has 0 aliphatic rings. The summed E-state index contributed by atoms with van der Waals surface area (Å²) in [6, 6.07) is 4.77. The van der Waals surface area contributed by atoms with Crippen molar-refractivity contribution in [1.29, 1.82) is 0 Å². The first-order chi connectivity index (χ1) is 11.1. The first-order valence-corrected chi connectivity index (χ1v) is 9.78. The molecule has 1 atom stereocenters. The molecule has 0 fully saturated rings. The average Bonchev–Trinajstić information content (AvgIpc) is 2.96. The normalized spacial score (nSPS) is 13.0. The molecule has 2 rings (SSSR count). The van der Waals surface area contributed by atoms with Gasteiger partial charge in [0, 0.05) is 4.88 Å². The highest BCUT2D eigenvalue weighted by atomic mass is 32.2. The SMILES string of the molecule is CCC(C)c1cc(C)c(S(=O)(=O)O)c(-c2ccc(C(C)=O)s2)c1O. The molecule has 7 heteroatoms. The van der Waals surface area contributed by atoms with Gasteiger partial charge >= 0.3 is 0 Å². The van der Waals surface area contributed by atoms with E-state index in [4.69, 9.17) is 0 Å². The Hall–Kier alpha value is -1.70. The fraction of sp³-hybridized carbons (Fsp3) is 0.353. The molecule has 0 bridgehead atoms. The number of hydrogen-bond acceptors (Lipinski definition) is 5. The van der Waals surface area contributed by atoms with Gasteiger partial charge in [-0.25, -0.2) is 0 Å². The molecule has 2 aromatic rings. The van der Waals surface area contributed by atoms with Crippen molar-refractivity contribution in [2.24, 2.45) is 0 Å². The third kappa shape index (κ3) is 3.38. The summed E-state index contributed by atoms with van der Waals surface area (Å²) in [7, 11) is -4.53. The lowest BCUT2D eigenvalue weighted by Crippen LogP contribution is -2.06. The van der Waals surface area contributed by atoms with Crippen LogP contribution in [0, 0.1) is 6.92 Å². The summed E-state index contributed by atoms with van der Waals surface area (Å²) in [5, 5.41) is 10.7. The molecule has 0 aliphatic heterocycles. The van der Waals surface area contributed by atoms with Crippen molar-refractivity contribution >= 4 is 27.2 Å². The van der Waals surface area contributed by atoms with E-state index in [0.717, 1.165) is 17.8 Å². The number of phenols is 1. The molecule has 1 heterocycles. The summed E-state index contributed by atoms with van der Waals surface area (Å²) >= 11 is 1.09. The third-order valence-electron chi connectivity index (χ3n) is 4.07. The smallest absolute Gasteiger partial charge is 0.295 e. The molecule has 1 aromatic carbocycles. The predicted molar refractivity (Wildman–Crippen MR) is 94.7 cm³/mol. The van der Waals surface area contributed by atoms with Gasteiger partial charge in [0.25, 0.3) is 10.1 Å². The standard InChI is InChI=1S/C17H20O5S2/c1-5-9(2)12-8-10(3)17(24(20,21)22)15(16(12)19)14-7-6-13(23-14)11(4)18/h6-9,19H,5H2,1-4H3,(H,20,21,22). The molecule has 24 heavy (non-hydrogen) atoms. The lowest BCUT2D eigenvalue weighted by atomic mass is 9.93. The van der Waals surface area contributed by atoms with E-state index in [2.05, 4.69) is 0 Å². The highest BCUT2D eigenvalue weighted by molar-refractivity contribution is 7.86. The molecular formula is C17H20O5S2. The van der Waals surface area contributed by atoms with Gasteiger partial charge in [-0.3, -0.25) is 9.35 Å². The van der Waals surface area contributed by atoms with Gasteiger partial charge < -0.3 is 5.11 Å². The molecular weight excluding hydrogens is 348 g/mol. The summed E-state index contributed by atoms with van der Waals surface area (Å²) in [6.45, 7) is 6.90. The molecule has 0 amide bonds. The maximum Gasteiger partial charge on any atom is 0.295 e. The Balaban J connectivity index is 2.88. The van der Waals surface area contributed by atoms with Gasteiger partial charge in [-0.15, -0.1) is 11.3 Å². The van der Waals surface area contributed by atoms with Crippen molar-refractivity contribution in [3.8, 4) is 16.2 Å². The van der Waals surface area contributed by atoms with E-state index in [0.29, 0.717) is 20.9 Å². The predicted octanol–water partition coefficient (Wildman–Crippen LogP) is 4.39. The van der Waals surface area contributed by atoms with Gasteiger partial charge in [-0.2, -0.15) is 8.42 Å². The van der Waals surface area contributed by atoms with E-state index < -0.39 is 10.1 Å². The molecule has 130 valence electrons. The maximum absolute atomic E-state index is 11.9. The molecule has 0 saturated heterocycles. The van der Waals surface area contributed by atoms with E-state index >= 15 is 0 Å². The monoisotopic (exact) mass is 368 g/mol. The Bertz CT molecular complexity index is 894. The number of aromatic hydroxyl groups is 1. The number of carbonyl (C=O) groups is 1. The van der Waals surface area contributed by atoms with Gasteiger partial charge in [0.1, 0.15) is 10.6 Å². The average molecular weight is 368 g/mol. The van der Waals surface area contributed by atoms with Gasteiger partial charge in [-0.05, 0) is 49.4 Å². The second-order valence-electron chi connectivity index (χ2n) is 5.84. The number of hydrogen-bond donors (Lipinski definition) is 2. The molecule has 0 radical (unpaired) electrons. The number of ketones is 1. The minimum absolute atomic E-state index is 0.0186. The summed E-state index contributed by atoms with van der Waals surface area (Å²) in [5.41, 5.74) is 1.04. The summed E-state index contributed by atoms with van der Waals surface area (Å²) in [4.78, 5) is 12.1. The number of carbonyl (C=O) groups excluding carboxylic acids is 1. The van der Waals surface area contributed by atoms with Crippen molar-refractivity contribution in [2.45, 2.75) is 44.9 Å². The molecule has 5 nitrogen and oxygen atoms in total. The summed E-state index contributed by atoms with van der Waals surface area (Å²) in [6.07, 6.45) is 0.765. The van der Waals surface area contributed by atoms with Crippen LogP contribution in [0.5, 0.6) is 5.75 Å². The zero-order valence-corrected chi connectivity index (χ0v) is 15.6. The molecule has 1 unspecified atom stereocenters. The Morgan fingerprint density at radius 2 is 1.96 bits per heavy atom. The van der Waals surface area contributed by atoms with Crippen LogP contribution in [0.25, 0.3) is 10.4 Å². The van der Waals surface area contributed by atoms with Crippen molar-refractivity contribution in [3.63, 3.8) is 0 Å². The third-order valence-corrected chi connectivity index (χ3v) is 6.31. The molecule has 0 saturated carbocycles. The number of thiophene rings is 1. The van der Waals surface area contributed by atoms with Gasteiger partial charge in [-0.1, -0.05) is 19.9 Å². The van der Waals surface area contributed by atoms with Crippen LogP contribution in [0.15, 0.2) is 23.1 Å². The van der Waals surface area contributed by atoms with Crippen LogP contribution in [0.2, 0.25) is 0 Å². The van der Waals surface area contributed by atoms with Crippen LogP contribution in [0.1, 0.15) is 53.9 Å². The first kappa shape index (κ1) is 18.6. The van der Waals surface area contributed by atoms with Crippen LogP contribution >= 0.6 is 11.3 Å². The Morgan fingerprint density at radius 1 is 1.33 bits per heavy atom. The lowest BCUT2D eigenvalue weighted by Gasteiger charge is -2.18. The maximum atomic E-state index is 11.9. The zero-order valence-electron chi connectivity index (χ0n) is 14.0. The minimum atomic E-state index is -4.53. The van der Waals surface area contributed by atoms with Crippen LogP contribution in [-0.4, -0.2) is 23.9 Å². The Morgan fingerprint density at radius 3 is 2.42 bits per heavy atom. The van der Waals surface area contributed by atoms with E-state index in [9.17, 15) is 22.9 Å².